The number of fused-ring (bicyclic) bond motifs is 1. The number of hydrogen-bond donors (Lipinski definition) is 0. The summed E-state index contributed by atoms with van der Waals surface area (Å²) in [6.07, 6.45) is 8.52. The largest absolute Gasteiger partial charge is 0.379 e. The number of amides is 1. The third kappa shape index (κ3) is 3.54. The number of carbonyl (C=O) groups is 1. The van der Waals surface area contributed by atoms with Crippen LogP contribution in [0.3, 0.4) is 0 Å². The Kier molecular flexibility index (Phi) is 5.31. The molecule has 3 aliphatic rings. The van der Waals surface area contributed by atoms with E-state index in [0.29, 0.717) is 44.0 Å². The molecule has 1 aliphatic carbocycles. The third-order valence-corrected chi connectivity index (χ3v) is 8.17. The van der Waals surface area contributed by atoms with Gasteiger partial charge in [-0.15, -0.1) is 0 Å². The molecule has 0 aromatic carbocycles. The highest BCUT2D eigenvalue weighted by atomic mass is 32.2. The summed E-state index contributed by atoms with van der Waals surface area (Å²) >= 11 is 0. The summed E-state index contributed by atoms with van der Waals surface area (Å²) in [5, 5.41) is 0. The van der Waals surface area contributed by atoms with Crippen LogP contribution in [0.1, 0.15) is 49.0 Å². The van der Waals surface area contributed by atoms with Crippen molar-refractivity contribution in [2.75, 3.05) is 32.8 Å². The Labute approximate surface area is 161 Å². The molecule has 4 rings (SSSR count). The van der Waals surface area contributed by atoms with E-state index in [4.69, 9.17) is 4.74 Å². The number of piperidine rings is 1. The van der Waals surface area contributed by atoms with Crippen LogP contribution < -0.4 is 0 Å². The van der Waals surface area contributed by atoms with Crippen molar-refractivity contribution in [3.8, 4) is 0 Å². The molecule has 2 aliphatic heterocycles. The van der Waals surface area contributed by atoms with Crippen molar-refractivity contribution < 1.29 is 17.9 Å². The maximum atomic E-state index is 13.3. The second-order valence-electron chi connectivity index (χ2n) is 7.94. The quantitative estimate of drug-likeness (QED) is 0.783. The topological polar surface area (TPSA) is 71.9 Å². The van der Waals surface area contributed by atoms with E-state index in [-0.39, 0.29) is 10.8 Å². The van der Waals surface area contributed by atoms with E-state index < -0.39 is 10.0 Å². The summed E-state index contributed by atoms with van der Waals surface area (Å²) in [5.74, 6) is 0.575. The van der Waals surface area contributed by atoms with Gasteiger partial charge in [-0.05, 0) is 37.7 Å². The van der Waals surface area contributed by atoms with E-state index in [9.17, 15) is 13.2 Å². The van der Waals surface area contributed by atoms with Gasteiger partial charge in [0.2, 0.25) is 10.0 Å². The number of carbonyl (C=O) groups excluding carboxylic acids is 1. The summed E-state index contributed by atoms with van der Waals surface area (Å²) in [5.41, 5.74) is 0.466. The molecule has 1 amide bonds. The molecule has 2 atom stereocenters. The van der Waals surface area contributed by atoms with Crippen molar-refractivity contribution in [2.45, 2.75) is 49.5 Å². The molecule has 7 nitrogen and oxygen atoms in total. The number of aryl methyl sites for hydroxylation is 1. The van der Waals surface area contributed by atoms with Gasteiger partial charge in [-0.3, -0.25) is 4.79 Å². The Morgan fingerprint density at radius 2 is 1.78 bits per heavy atom. The highest BCUT2D eigenvalue weighted by Crippen LogP contribution is 2.36. The van der Waals surface area contributed by atoms with Gasteiger partial charge in [0.05, 0.1) is 13.2 Å². The van der Waals surface area contributed by atoms with Gasteiger partial charge in [-0.1, -0.05) is 12.8 Å². The minimum atomic E-state index is -3.59. The van der Waals surface area contributed by atoms with Crippen molar-refractivity contribution in [2.24, 2.45) is 13.0 Å². The molecule has 1 aromatic heterocycles. The van der Waals surface area contributed by atoms with Gasteiger partial charge in [0.1, 0.15) is 10.6 Å². The molecule has 0 spiro atoms. The van der Waals surface area contributed by atoms with E-state index in [2.05, 4.69) is 0 Å². The fourth-order valence-corrected chi connectivity index (χ4v) is 6.33. The van der Waals surface area contributed by atoms with Crippen LogP contribution >= 0.6 is 0 Å². The van der Waals surface area contributed by atoms with Crippen molar-refractivity contribution in [3.05, 3.63) is 18.0 Å². The standard InChI is InChI=1S/C19H29N3O4S/c1-20-14-16(27(24,25)21-9-11-26-12-10-21)13-18(20)19(23)22-8-4-6-15-5-2-3-7-17(15)22/h13-15,17H,2-12H2,1H3/t15-,17+/m0/s1. The molecular formula is C19H29N3O4S. The predicted octanol–water partition coefficient (Wildman–Crippen LogP) is 1.84. The molecule has 8 heteroatoms. The van der Waals surface area contributed by atoms with Crippen LogP contribution in [0.4, 0.5) is 0 Å². The van der Waals surface area contributed by atoms with Crippen LogP contribution in [-0.2, 0) is 21.8 Å². The molecule has 0 bridgehead atoms. The molecule has 1 aromatic rings. The normalized spacial score (nSPS) is 27.4. The van der Waals surface area contributed by atoms with Crippen molar-refractivity contribution in [1.82, 2.24) is 13.8 Å². The van der Waals surface area contributed by atoms with Gasteiger partial charge in [0, 0.05) is 38.9 Å². The Morgan fingerprint density at radius 3 is 2.56 bits per heavy atom. The summed E-state index contributed by atoms with van der Waals surface area (Å²) < 4.78 is 34.2. The van der Waals surface area contributed by atoms with Crippen LogP contribution in [0.2, 0.25) is 0 Å². The van der Waals surface area contributed by atoms with E-state index in [0.717, 1.165) is 19.4 Å². The highest BCUT2D eigenvalue weighted by molar-refractivity contribution is 7.89. The van der Waals surface area contributed by atoms with Crippen LogP contribution in [0.15, 0.2) is 17.2 Å². The Bertz CT molecular complexity index is 796. The van der Waals surface area contributed by atoms with E-state index in [1.807, 2.05) is 4.90 Å². The number of rotatable bonds is 3. The zero-order valence-electron chi connectivity index (χ0n) is 16.0. The highest BCUT2D eigenvalue weighted by Gasteiger charge is 2.37. The average molecular weight is 396 g/mol. The number of sulfonamides is 1. The minimum absolute atomic E-state index is 0.0301. The molecule has 27 heavy (non-hydrogen) atoms. The van der Waals surface area contributed by atoms with Crippen LogP contribution in [0, 0.1) is 5.92 Å². The number of nitrogens with zero attached hydrogens (tertiary/aromatic N) is 3. The summed E-state index contributed by atoms with van der Waals surface area (Å²) in [6.45, 7) is 2.31. The molecule has 0 N–H and O–H groups in total. The van der Waals surface area contributed by atoms with Gasteiger partial charge in [0.25, 0.3) is 5.91 Å². The second-order valence-corrected chi connectivity index (χ2v) is 9.88. The lowest BCUT2D eigenvalue weighted by Gasteiger charge is -2.44. The van der Waals surface area contributed by atoms with Crippen molar-refractivity contribution in [1.29, 1.82) is 0 Å². The number of likely N-dealkylation sites (tertiary alicyclic amines) is 1. The van der Waals surface area contributed by atoms with Crippen molar-refractivity contribution in [3.63, 3.8) is 0 Å². The average Bonchev–Trinajstić information content (AvgIpc) is 3.10. The Hall–Kier alpha value is -1.38. The fourth-order valence-electron chi connectivity index (χ4n) is 4.85. The first kappa shape index (κ1) is 19.0. The summed E-state index contributed by atoms with van der Waals surface area (Å²) in [4.78, 5) is 15.5. The third-order valence-electron chi connectivity index (χ3n) is 6.31. The van der Waals surface area contributed by atoms with Crippen molar-refractivity contribution >= 4 is 15.9 Å². The van der Waals surface area contributed by atoms with E-state index in [1.165, 1.54) is 30.0 Å². The lowest BCUT2D eigenvalue weighted by atomic mass is 9.78. The molecular weight excluding hydrogens is 366 g/mol. The number of hydrogen-bond acceptors (Lipinski definition) is 4. The molecule has 3 fully saturated rings. The predicted molar refractivity (Wildman–Crippen MR) is 101 cm³/mol. The zero-order chi connectivity index (χ0) is 19.0. The number of aromatic nitrogens is 1. The molecule has 2 saturated heterocycles. The first-order chi connectivity index (χ1) is 13.0. The van der Waals surface area contributed by atoms with E-state index >= 15 is 0 Å². The van der Waals surface area contributed by atoms with Gasteiger partial charge >= 0.3 is 0 Å². The smallest absolute Gasteiger partial charge is 0.270 e. The molecule has 150 valence electrons. The first-order valence-corrected chi connectivity index (χ1v) is 11.5. The molecule has 0 unspecified atom stereocenters. The second kappa shape index (κ2) is 7.56. The summed E-state index contributed by atoms with van der Waals surface area (Å²) in [7, 11) is -1.83. The van der Waals surface area contributed by atoms with E-state index in [1.54, 1.807) is 23.9 Å². The molecule has 3 heterocycles. The number of morpholine rings is 1. The lowest BCUT2D eigenvalue weighted by molar-refractivity contribution is 0.0382. The summed E-state index contributed by atoms with van der Waals surface area (Å²) in [6, 6.07) is 1.87. The van der Waals surface area contributed by atoms with Gasteiger partial charge < -0.3 is 14.2 Å². The first-order valence-electron chi connectivity index (χ1n) is 10.0. The maximum Gasteiger partial charge on any atom is 0.270 e. The SMILES string of the molecule is Cn1cc(S(=O)(=O)N2CCOCC2)cc1C(=O)N1CCC[C@@H]2CCCC[C@H]21. The van der Waals surface area contributed by atoms with Gasteiger partial charge in [0.15, 0.2) is 0 Å². The lowest BCUT2D eigenvalue weighted by Crippen LogP contribution is -2.50. The van der Waals surface area contributed by atoms with Gasteiger partial charge in [-0.2, -0.15) is 4.31 Å². The zero-order valence-corrected chi connectivity index (χ0v) is 16.8. The van der Waals surface area contributed by atoms with Crippen LogP contribution in [0.25, 0.3) is 0 Å². The fraction of sp³-hybridized carbons (Fsp3) is 0.737. The van der Waals surface area contributed by atoms with Crippen LogP contribution in [-0.4, -0.2) is 67.0 Å². The Morgan fingerprint density at radius 1 is 1.07 bits per heavy atom. The minimum Gasteiger partial charge on any atom is -0.379 e. The molecule has 0 radical (unpaired) electrons. The van der Waals surface area contributed by atoms with Gasteiger partial charge in [-0.25, -0.2) is 8.42 Å². The number of ether oxygens (including phenoxy) is 1. The molecule has 1 saturated carbocycles. The Balaban J connectivity index is 1.58. The monoisotopic (exact) mass is 395 g/mol. The van der Waals surface area contributed by atoms with Crippen LogP contribution in [0.5, 0.6) is 0 Å². The maximum absolute atomic E-state index is 13.3.